The first kappa shape index (κ1) is 14.4. The molecule has 2 N–H and O–H groups in total. The summed E-state index contributed by atoms with van der Waals surface area (Å²) < 4.78 is 5.34. The summed E-state index contributed by atoms with van der Waals surface area (Å²) in [6.45, 7) is 6.79. The van der Waals surface area contributed by atoms with Crippen molar-refractivity contribution in [3.63, 3.8) is 0 Å². The summed E-state index contributed by atoms with van der Waals surface area (Å²) in [5.74, 6) is 1.58. The molecule has 1 aromatic carbocycles. The predicted octanol–water partition coefficient (Wildman–Crippen LogP) is 2.82. The molecule has 0 spiro atoms. The predicted molar refractivity (Wildman–Crippen MR) is 79.4 cm³/mol. The molecule has 0 saturated carbocycles. The molecule has 0 aromatic heterocycles. The van der Waals surface area contributed by atoms with Crippen LogP contribution in [0.4, 0.5) is 0 Å². The van der Waals surface area contributed by atoms with Gasteiger partial charge in [0.1, 0.15) is 5.75 Å². The zero-order valence-corrected chi connectivity index (χ0v) is 12.3. The van der Waals surface area contributed by atoms with Crippen molar-refractivity contribution in [2.75, 3.05) is 20.2 Å². The smallest absolute Gasteiger partial charge is 0.119 e. The Morgan fingerprint density at radius 3 is 2.89 bits per heavy atom. The van der Waals surface area contributed by atoms with Gasteiger partial charge in [0.25, 0.3) is 0 Å². The van der Waals surface area contributed by atoms with Crippen molar-refractivity contribution in [2.45, 2.75) is 38.8 Å². The van der Waals surface area contributed by atoms with Crippen LogP contribution in [-0.2, 0) is 0 Å². The number of benzene rings is 1. The third-order valence-corrected chi connectivity index (χ3v) is 3.82. The second kappa shape index (κ2) is 6.40. The third-order valence-electron chi connectivity index (χ3n) is 3.82. The summed E-state index contributed by atoms with van der Waals surface area (Å²) in [6.07, 6.45) is 2.31. The quantitative estimate of drug-likeness (QED) is 0.907. The van der Waals surface area contributed by atoms with Crippen LogP contribution in [0, 0.1) is 5.92 Å². The van der Waals surface area contributed by atoms with Gasteiger partial charge in [-0.2, -0.15) is 0 Å². The standard InChI is InChI=1S/C16H26N2O/c1-12(2)11-18-9-5-8-15(17)16(18)13-6-4-7-14(10-13)19-3/h4,6-7,10,12,15-16H,5,8-9,11,17H2,1-3H3. The first-order chi connectivity index (χ1) is 9.11. The number of hydrogen-bond acceptors (Lipinski definition) is 3. The Morgan fingerprint density at radius 2 is 2.21 bits per heavy atom. The maximum atomic E-state index is 6.39. The Hall–Kier alpha value is -1.06. The first-order valence-corrected chi connectivity index (χ1v) is 7.25. The minimum atomic E-state index is 0.222. The van der Waals surface area contributed by atoms with Crippen LogP contribution in [0.2, 0.25) is 0 Å². The van der Waals surface area contributed by atoms with E-state index in [0.717, 1.165) is 25.3 Å². The van der Waals surface area contributed by atoms with Crippen molar-refractivity contribution in [1.82, 2.24) is 4.90 Å². The highest BCUT2D eigenvalue weighted by Crippen LogP contribution is 2.32. The molecule has 3 nitrogen and oxygen atoms in total. The maximum Gasteiger partial charge on any atom is 0.119 e. The Balaban J connectivity index is 2.24. The molecule has 1 aromatic rings. The van der Waals surface area contributed by atoms with Crippen molar-refractivity contribution in [3.05, 3.63) is 29.8 Å². The van der Waals surface area contributed by atoms with Crippen LogP contribution >= 0.6 is 0 Å². The number of likely N-dealkylation sites (tertiary alicyclic amines) is 1. The van der Waals surface area contributed by atoms with Crippen LogP contribution in [0.15, 0.2) is 24.3 Å². The van der Waals surface area contributed by atoms with Crippen molar-refractivity contribution in [2.24, 2.45) is 11.7 Å². The summed E-state index contributed by atoms with van der Waals surface area (Å²) in [6, 6.07) is 8.90. The number of hydrogen-bond donors (Lipinski definition) is 1. The molecular weight excluding hydrogens is 236 g/mol. The second-order valence-corrected chi connectivity index (χ2v) is 5.92. The summed E-state index contributed by atoms with van der Waals surface area (Å²) in [5.41, 5.74) is 7.67. The van der Waals surface area contributed by atoms with Crippen molar-refractivity contribution in [1.29, 1.82) is 0 Å². The highest BCUT2D eigenvalue weighted by atomic mass is 16.5. The SMILES string of the molecule is COc1cccc(C2C(N)CCCN2CC(C)C)c1. The molecule has 2 rings (SSSR count). The van der Waals surface area contributed by atoms with Gasteiger partial charge < -0.3 is 10.5 Å². The Labute approximate surface area is 116 Å². The van der Waals surface area contributed by atoms with Gasteiger partial charge in [0.2, 0.25) is 0 Å². The fourth-order valence-corrected chi connectivity index (χ4v) is 3.06. The van der Waals surface area contributed by atoms with Gasteiger partial charge in [-0.05, 0) is 43.0 Å². The van der Waals surface area contributed by atoms with E-state index in [9.17, 15) is 0 Å². The fourth-order valence-electron chi connectivity index (χ4n) is 3.06. The number of piperidine rings is 1. The van der Waals surface area contributed by atoms with Gasteiger partial charge in [0.15, 0.2) is 0 Å². The van der Waals surface area contributed by atoms with E-state index in [1.165, 1.54) is 12.0 Å². The van der Waals surface area contributed by atoms with Gasteiger partial charge in [-0.3, -0.25) is 4.90 Å². The molecule has 0 bridgehead atoms. The summed E-state index contributed by atoms with van der Waals surface area (Å²) >= 11 is 0. The largest absolute Gasteiger partial charge is 0.497 e. The van der Waals surface area contributed by atoms with Crippen LogP contribution in [0.1, 0.15) is 38.3 Å². The van der Waals surface area contributed by atoms with Crippen molar-refractivity contribution < 1.29 is 4.74 Å². The number of rotatable bonds is 4. The van der Waals surface area contributed by atoms with Gasteiger partial charge in [-0.25, -0.2) is 0 Å². The van der Waals surface area contributed by atoms with E-state index in [1.807, 2.05) is 6.07 Å². The molecule has 1 aliphatic rings. The molecule has 1 heterocycles. The van der Waals surface area contributed by atoms with E-state index >= 15 is 0 Å². The molecular formula is C16H26N2O. The number of ether oxygens (including phenoxy) is 1. The molecule has 2 unspecified atom stereocenters. The highest BCUT2D eigenvalue weighted by Gasteiger charge is 2.30. The number of methoxy groups -OCH3 is 1. The Bertz CT molecular complexity index is 405. The molecule has 3 heteroatoms. The molecule has 1 aliphatic heterocycles. The zero-order valence-electron chi connectivity index (χ0n) is 12.3. The van der Waals surface area contributed by atoms with Crippen molar-refractivity contribution in [3.8, 4) is 5.75 Å². The molecule has 0 radical (unpaired) electrons. The molecule has 0 amide bonds. The summed E-state index contributed by atoms with van der Waals surface area (Å²) in [7, 11) is 1.71. The number of nitrogens with zero attached hydrogens (tertiary/aromatic N) is 1. The molecule has 2 atom stereocenters. The first-order valence-electron chi connectivity index (χ1n) is 7.25. The third kappa shape index (κ3) is 3.48. The summed E-state index contributed by atoms with van der Waals surface area (Å²) in [5, 5.41) is 0. The molecule has 1 fully saturated rings. The molecule has 19 heavy (non-hydrogen) atoms. The van der Waals surface area contributed by atoms with Crippen molar-refractivity contribution >= 4 is 0 Å². The Kier molecular flexibility index (Phi) is 4.83. The van der Waals surface area contributed by atoms with Gasteiger partial charge in [-0.1, -0.05) is 26.0 Å². The summed E-state index contributed by atoms with van der Waals surface area (Å²) in [4.78, 5) is 2.54. The van der Waals surface area contributed by atoms with E-state index in [2.05, 4.69) is 36.9 Å². The lowest BCUT2D eigenvalue weighted by atomic mass is 9.90. The lowest BCUT2D eigenvalue weighted by Crippen LogP contribution is -2.47. The van der Waals surface area contributed by atoms with Crippen LogP contribution in [0.3, 0.4) is 0 Å². The molecule has 1 saturated heterocycles. The van der Waals surface area contributed by atoms with Crippen LogP contribution in [0.5, 0.6) is 5.75 Å². The van der Waals surface area contributed by atoms with Gasteiger partial charge in [0, 0.05) is 12.6 Å². The van der Waals surface area contributed by atoms with Crippen LogP contribution in [-0.4, -0.2) is 31.1 Å². The lowest BCUT2D eigenvalue weighted by Gasteiger charge is -2.41. The average Bonchev–Trinajstić information content (AvgIpc) is 2.38. The minimum Gasteiger partial charge on any atom is -0.497 e. The van der Waals surface area contributed by atoms with Gasteiger partial charge in [0.05, 0.1) is 13.2 Å². The Morgan fingerprint density at radius 1 is 1.42 bits per heavy atom. The molecule has 106 valence electrons. The average molecular weight is 262 g/mol. The van der Waals surface area contributed by atoms with Gasteiger partial charge in [-0.15, -0.1) is 0 Å². The van der Waals surface area contributed by atoms with Crippen LogP contribution < -0.4 is 10.5 Å². The fraction of sp³-hybridized carbons (Fsp3) is 0.625. The van der Waals surface area contributed by atoms with E-state index in [-0.39, 0.29) is 6.04 Å². The lowest BCUT2D eigenvalue weighted by molar-refractivity contribution is 0.114. The minimum absolute atomic E-state index is 0.222. The van der Waals surface area contributed by atoms with E-state index in [0.29, 0.717) is 12.0 Å². The normalized spacial score (nSPS) is 24.7. The monoisotopic (exact) mass is 262 g/mol. The number of nitrogens with two attached hydrogens (primary N) is 1. The zero-order chi connectivity index (χ0) is 13.8. The van der Waals surface area contributed by atoms with E-state index < -0.39 is 0 Å². The van der Waals surface area contributed by atoms with E-state index in [4.69, 9.17) is 10.5 Å². The second-order valence-electron chi connectivity index (χ2n) is 5.92. The topological polar surface area (TPSA) is 38.5 Å². The molecule has 0 aliphatic carbocycles. The maximum absolute atomic E-state index is 6.39. The van der Waals surface area contributed by atoms with Crippen LogP contribution in [0.25, 0.3) is 0 Å². The van der Waals surface area contributed by atoms with E-state index in [1.54, 1.807) is 7.11 Å². The highest BCUT2D eigenvalue weighted by molar-refractivity contribution is 5.31. The van der Waals surface area contributed by atoms with Gasteiger partial charge >= 0.3 is 0 Å².